The Balaban J connectivity index is 1.55. The van der Waals surface area contributed by atoms with Crippen LogP contribution < -0.4 is 9.47 Å². The van der Waals surface area contributed by atoms with Crippen LogP contribution in [0.1, 0.15) is 22.3 Å². The normalized spacial score (nSPS) is 14.1. The maximum absolute atomic E-state index is 12.3. The Hall–Kier alpha value is -4.46. The average molecular weight is 444 g/mol. The van der Waals surface area contributed by atoms with Crippen LogP contribution in [0.5, 0.6) is 11.5 Å². The lowest BCUT2D eigenvalue weighted by atomic mass is 10.1. The van der Waals surface area contributed by atoms with Crippen LogP contribution in [-0.4, -0.2) is 23.9 Å². The van der Waals surface area contributed by atoms with E-state index in [9.17, 15) is 14.9 Å². The van der Waals surface area contributed by atoms with Crippen LogP contribution in [0.3, 0.4) is 0 Å². The summed E-state index contributed by atoms with van der Waals surface area (Å²) in [6.45, 7) is 2.01. The van der Waals surface area contributed by atoms with Gasteiger partial charge in [0.05, 0.1) is 12.0 Å². The fourth-order valence-corrected chi connectivity index (χ4v) is 3.31. The molecule has 33 heavy (non-hydrogen) atoms. The molecule has 0 amide bonds. The molecule has 8 nitrogen and oxygen atoms in total. The number of nitrogens with zero attached hydrogens (tertiary/aromatic N) is 2. The predicted octanol–water partition coefficient (Wildman–Crippen LogP) is 4.84. The standard InChI is InChI=1S/C25H20N2O6/c1-16-12-19(9-10-21(16)27(29)30)24-26-20(25(28)33-24)13-18-8-11-22(23(14-18)31-2)32-15-17-6-4-3-5-7-17/h3-14H,15H2,1-2H3/b20-13-. The van der Waals surface area contributed by atoms with Crippen molar-refractivity contribution in [3.05, 3.63) is 105 Å². The summed E-state index contributed by atoms with van der Waals surface area (Å²) in [5.74, 6) is 0.577. The van der Waals surface area contributed by atoms with E-state index in [0.717, 1.165) is 5.56 Å². The number of hydrogen-bond acceptors (Lipinski definition) is 7. The van der Waals surface area contributed by atoms with Crippen molar-refractivity contribution in [2.45, 2.75) is 13.5 Å². The molecule has 0 aliphatic carbocycles. The van der Waals surface area contributed by atoms with Crippen LogP contribution in [0.25, 0.3) is 6.08 Å². The number of aliphatic imine (C=N–C) groups is 1. The van der Waals surface area contributed by atoms with Crippen molar-refractivity contribution in [3.8, 4) is 11.5 Å². The molecule has 0 fully saturated rings. The first kappa shape index (κ1) is 21.8. The Labute approximate surface area is 189 Å². The molecule has 0 saturated heterocycles. The molecule has 1 heterocycles. The second-order valence-corrected chi connectivity index (χ2v) is 7.28. The molecule has 1 aliphatic heterocycles. The highest BCUT2D eigenvalue weighted by molar-refractivity contribution is 6.13. The number of nitro benzene ring substituents is 1. The van der Waals surface area contributed by atoms with Gasteiger partial charge in [-0.3, -0.25) is 10.1 Å². The molecule has 0 aromatic heterocycles. The minimum atomic E-state index is -0.607. The van der Waals surface area contributed by atoms with Gasteiger partial charge in [0, 0.05) is 17.2 Å². The van der Waals surface area contributed by atoms with Crippen molar-refractivity contribution in [2.75, 3.05) is 7.11 Å². The molecular weight excluding hydrogens is 424 g/mol. The number of aryl methyl sites for hydroxylation is 1. The third-order valence-corrected chi connectivity index (χ3v) is 4.99. The topological polar surface area (TPSA) is 100 Å². The summed E-state index contributed by atoms with van der Waals surface area (Å²) < 4.78 is 16.6. The zero-order valence-corrected chi connectivity index (χ0v) is 18.0. The van der Waals surface area contributed by atoms with E-state index in [2.05, 4.69) is 4.99 Å². The molecule has 3 aromatic carbocycles. The molecule has 1 aliphatic rings. The smallest absolute Gasteiger partial charge is 0.363 e. The van der Waals surface area contributed by atoms with Crippen molar-refractivity contribution < 1.29 is 23.9 Å². The Morgan fingerprint density at radius 2 is 1.85 bits per heavy atom. The van der Waals surface area contributed by atoms with E-state index in [1.807, 2.05) is 30.3 Å². The number of methoxy groups -OCH3 is 1. The fourth-order valence-electron chi connectivity index (χ4n) is 3.31. The summed E-state index contributed by atoms with van der Waals surface area (Å²) in [7, 11) is 1.54. The monoisotopic (exact) mass is 444 g/mol. The largest absolute Gasteiger partial charge is 0.493 e. The first-order valence-electron chi connectivity index (χ1n) is 10.1. The van der Waals surface area contributed by atoms with Crippen LogP contribution in [-0.2, 0) is 16.1 Å². The van der Waals surface area contributed by atoms with Crippen LogP contribution in [0, 0.1) is 17.0 Å². The number of ether oxygens (including phenoxy) is 3. The molecule has 3 aromatic rings. The van der Waals surface area contributed by atoms with Gasteiger partial charge in [0.1, 0.15) is 6.61 Å². The van der Waals surface area contributed by atoms with E-state index in [-0.39, 0.29) is 17.3 Å². The SMILES string of the molecule is COc1cc(/C=C2\N=C(c3ccc([N+](=O)[O-])c(C)c3)OC2=O)ccc1OCc1ccccc1. The van der Waals surface area contributed by atoms with Crippen molar-refractivity contribution in [2.24, 2.45) is 4.99 Å². The number of hydrogen-bond donors (Lipinski definition) is 0. The van der Waals surface area contributed by atoms with Gasteiger partial charge in [0.15, 0.2) is 17.2 Å². The number of carbonyl (C=O) groups is 1. The van der Waals surface area contributed by atoms with Crippen LogP contribution >= 0.6 is 0 Å². The van der Waals surface area contributed by atoms with Gasteiger partial charge in [0.2, 0.25) is 5.90 Å². The number of esters is 1. The highest BCUT2D eigenvalue weighted by atomic mass is 16.6. The lowest BCUT2D eigenvalue weighted by Gasteiger charge is -2.11. The Bertz CT molecular complexity index is 1280. The summed E-state index contributed by atoms with van der Waals surface area (Å²) in [4.78, 5) is 27.2. The van der Waals surface area contributed by atoms with E-state index in [1.165, 1.54) is 12.1 Å². The van der Waals surface area contributed by atoms with Gasteiger partial charge in [-0.05, 0) is 48.4 Å². The van der Waals surface area contributed by atoms with Gasteiger partial charge in [0.25, 0.3) is 5.69 Å². The Kier molecular flexibility index (Phi) is 6.17. The highest BCUT2D eigenvalue weighted by Crippen LogP contribution is 2.30. The van der Waals surface area contributed by atoms with E-state index >= 15 is 0 Å². The first-order chi connectivity index (χ1) is 15.9. The number of carbonyl (C=O) groups excluding carboxylic acids is 1. The molecule has 0 spiro atoms. The van der Waals surface area contributed by atoms with Gasteiger partial charge in [-0.1, -0.05) is 36.4 Å². The van der Waals surface area contributed by atoms with Crippen molar-refractivity contribution in [1.29, 1.82) is 0 Å². The number of nitro groups is 1. The lowest BCUT2D eigenvalue weighted by molar-refractivity contribution is -0.385. The van der Waals surface area contributed by atoms with Crippen molar-refractivity contribution >= 4 is 23.6 Å². The molecule has 0 N–H and O–H groups in total. The van der Waals surface area contributed by atoms with E-state index in [1.54, 1.807) is 44.4 Å². The third-order valence-electron chi connectivity index (χ3n) is 4.99. The first-order valence-corrected chi connectivity index (χ1v) is 10.1. The molecule has 4 rings (SSSR count). The molecule has 0 bridgehead atoms. The fraction of sp³-hybridized carbons (Fsp3) is 0.120. The average Bonchev–Trinajstić information content (AvgIpc) is 3.18. The predicted molar refractivity (Wildman–Crippen MR) is 122 cm³/mol. The zero-order valence-electron chi connectivity index (χ0n) is 18.0. The van der Waals surface area contributed by atoms with Crippen LogP contribution in [0.15, 0.2) is 77.4 Å². The van der Waals surface area contributed by atoms with E-state index < -0.39 is 10.9 Å². The lowest BCUT2D eigenvalue weighted by Crippen LogP contribution is -2.06. The van der Waals surface area contributed by atoms with Crippen molar-refractivity contribution in [1.82, 2.24) is 0 Å². The molecule has 0 unspecified atom stereocenters. The molecule has 0 saturated carbocycles. The van der Waals surface area contributed by atoms with Crippen molar-refractivity contribution in [3.63, 3.8) is 0 Å². The van der Waals surface area contributed by atoms with Crippen LogP contribution in [0.4, 0.5) is 5.69 Å². The van der Waals surface area contributed by atoms with Gasteiger partial charge >= 0.3 is 5.97 Å². The van der Waals surface area contributed by atoms with E-state index in [0.29, 0.717) is 34.8 Å². The minimum absolute atomic E-state index is 0.0129. The maximum atomic E-state index is 12.3. The summed E-state index contributed by atoms with van der Waals surface area (Å²) in [5.41, 5.74) is 2.74. The number of benzene rings is 3. The van der Waals surface area contributed by atoms with E-state index in [4.69, 9.17) is 14.2 Å². The zero-order chi connectivity index (χ0) is 23.4. The Morgan fingerprint density at radius 3 is 2.55 bits per heavy atom. The van der Waals surface area contributed by atoms with Crippen LogP contribution in [0.2, 0.25) is 0 Å². The van der Waals surface area contributed by atoms with Gasteiger partial charge in [-0.25, -0.2) is 9.79 Å². The number of cyclic esters (lactones) is 1. The minimum Gasteiger partial charge on any atom is -0.493 e. The third kappa shape index (κ3) is 4.90. The molecule has 0 atom stereocenters. The second kappa shape index (κ2) is 9.35. The van der Waals surface area contributed by atoms with Gasteiger partial charge in [-0.2, -0.15) is 0 Å². The molecule has 8 heteroatoms. The quantitative estimate of drug-likeness (QED) is 0.224. The molecule has 166 valence electrons. The summed E-state index contributed by atoms with van der Waals surface area (Å²) in [5, 5.41) is 11.0. The van der Waals surface area contributed by atoms with Gasteiger partial charge in [-0.15, -0.1) is 0 Å². The summed E-state index contributed by atoms with van der Waals surface area (Å²) in [6.07, 6.45) is 1.58. The second-order valence-electron chi connectivity index (χ2n) is 7.28. The highest BCUT2D eigenvalue weighted by Gasteiger charge is 2.25. The Morgan fingerprint density at radius 1 is 1.06 bits per heavy atom. The number of rotatable bonds is 7. The summed E-state index contributed by atoms with van der Waals surface area (Å²) in [6, 6.07) is 19.5. The maximum Gasteiger partial charge on any atom is 0.363 e. The summed E-state index contributed by atoms with van der Waals surface area (Å²) >= 11 is 0. The molecular formula is C25H20N2O6. The van der Waals surface area contributed by atoms with Gasteiger partial charge < -0.3 is 14.2 Å². The molecule has 0 radical (unpaired) electrons.